The van der Waals surface area contributed by atoms with E-state index in [0.29, 0.717) is 32.4 Å². The first kappa shape index (κ1) is 15.8. The van der Waals surface area contributed by atoms with Gasteiger partial charge in [-0.05, 0) is 25.8 Å². The third kappa shape index (κ3) is 4.81. The number of hydrogen-bond acceptors (Lipinski definition) is 5. The van der Waals surface area contributed by atoms with Crippen LogP contribution in [0.1, 0.15) is 19.3 Å². The minimum atomic E-state index is -3.62. The van der Waals surface area contributed by atoms with Crippen molar-refractivity contribution >= 4 is 20.0 Å². The summed E-state index contributed by atoms with van der Waals surface area (Å²) in [5.41, 5.74) is 5.32. The molecular weight excluding hydrogens is 278 g/mol. The second-order valence-electron chi connectivity index (χ2n) is 4.54. The highest BCUT2D eigenvalue weighted by Crippen LogP contribution is 2.13. The zero-order chi connectivity index (χ0) is 13.8. The Balaban J connectivity index is 2.60. The van der Waals surface area contributed by atoms with E-state index in [-0.39, 0.29) is 11.5 Å². The molecule has 1 aliphatic heterocycles. The van der Waals surface area contributed by atoms with Crippen LogP contribution in [0.15, 0.2) is 0 Å². The fourth-order valence-corrected chi connectivity index (χ4v) is 4.76. The van der Waals surface area contributed by atoms with E-state index >= 15 is 0 Å². The molecule has 3 N–H and O–H groups in total. The summed E-state index contributed by atoms with van der Waals surface area (Å²) in [5, 5.41) is 0. The van der Waals surface area contributed by atoms with Crippen LogP contribution in [-0.4, -0.2) is 58.8 Å². The summed E-state index contributed by atoms with van der Waals surface area (Å²) >= 11 is 0. The van der Waals surface area contributed by atoms with Crippen molar-refractivity contribution in [1.29, 1.82) is 0 Å². The average molecular weight is 299 g/mol. The summed E-state index contributed by atoms with van der Waals surface area (Å²) in [6.45, 7) is 0.739. The second kappa shape index (κ2) is 6.29. The van der Waals surface area contributed by atoms with Gasteiger partial charge in [-0.15, -0.1) is 0 Å². The molecule has 1 fully saturated rings. The molecule has 0 amide bonds. The Kier molecular flexibility index (Phi) is 5.53. The van der Waals surface area contributed by atoms with E-state index in [9.17, 15) is 16.8 Å². The zero-order valence-electron chi connectivity index (χ0n) is 10.5. The number of nitrogens with one attached hydrogen (secondary N) is 1. The van der Waals surface area contributed by atoms with Crippen molar-refractivity contribution in [2.24, 2.45) is 5.73 Å². The Morgan fingerprint density at radius 2 is 2.11 bits per heavy atom. The third-order valence-corrected chi connectivity index (χ3v) is 6.32. The molecule has 1 atom stereocenters. The summed E-state index contributed by atoms with van der Waals surface area (Å²) in [6.07, 6.45) is 1.63. The molecule has 0 aliphatic carbocycles. The predicted octanol–water partition coefficient (Wildman–Crippen LogP) is -1.32. The minimum Gasteiger partial charge on any atom is -0.330 e. The molecule has 0 radical (unpaired) electrons. The van der Waals surface area contributed by atoms with Crippen LogP contribution in [0.2, 0.25) is 0 Å². The highest BCUT2D eigenvalue weighted by Gasteiger charge is 2.29. The van der Waals surface area contributed by atoms with Gasteiger partial charge >= 0.3 is 0 Å². The van der Waals surface area contributed by atoms with E-state index in [1.165, 1.54) is 11.4 Å². The van der Waals surface area contributed by atoms with Gasteiger partial charge in [0.05, 0.1) is 11.5 Å². The van der Waals surface area contributed by atoms with E-state index in [4.69, 9.17) is 5.73 Å². The van der Waals surface area contributed by atoms with Gasteiger partial charge in [0.1, 0.15) is 0 Å². The molecule has 0 spiro atoms. The van der Waals surface area contributed by atoms with Gasteiger partial charge in [-0.3, -0.25) is 0 Å². The number of hydrogen-bond donors (Lipinski definition) is 2. The van der Waals surface area contributed by atoms with Crippen LogP contribution in [-0.2, 0) is 20.0 Å². The first-order chi connectivity index (χ1) is 8.27. The summed E-state index contributed by atoms with van der Waals surface area (Å²) in [7, 11) is -5.28. The van der Waals surface area contributed by atoms with Gasteiger partial charge in [0.2, 0.25) is 0 Å². The monoisotopic (exact) mass is 299 g/mol. The maximum absolute atomic E-state index is 11.9. The molecule has 1 unspecified atom stereocenters. The highest BCUT2D eigenvalue weighted by molar-refractivity contribution is 7.91. The molecule has 1 saturated heterocycles. The lowest BCUT2D eigenvalue weighted by atomic mass is 10.2. The SMILES string of the molecule is CN(CCCN)S(=O)(=O)NC1CCCS(=O)(=O)C1. The molecule has 0 aromatic heterocycles. The van der Waals surface area contributed by atoms with Crippen molar-refractivity contribution < 1.29 is 16.8 Å². The van der Waals surface area contributed by atoms with Crippen LogP contribution in [0.5, 0.6) is 0 Å². The van der Waals surface area contributed by atoms with Crippen molar-refractivity contribution in [3.63, 3.8) is 0 Å². The first-order valence-electron chi connectivity index (χ1n) is 5.91. The Morgan fingerprint density at radius 3 is 2.67 bits per heavy atom. The average Bonchev–Trinajstić information content (AvgIpc) is 2.23. The van der Waals surface area contributed by atoms with Crippen molar-refractivity contribution in [3.8, 4) is 0 Å². The smallest absolute Gasteiger partial charge is 0.279 e. The molecule has 0 bridgehead atoms. The number of sulfone groups is 1. The normalized spacial score (nSPS) is 24.3. The molecule has 0 aromatic carbocycles. The topological polar surface area (TPSA) is 110 Å². The summed E-state index contributed by atoms with van der Waals surface area (Å²) in [4.78, 5) is 0. The number of rotatable bonds is 6. The Hall–Kier alpha value is -0.220. The lowest BCUT2D eigenvalue weighted by molar-refractivity contribution is 0.438. The highest BCUT2D eigenvalue weighted by atomic mass is 32.2. The van der Waals surface area contributed by atoms with Crippen LogP contribution in [0.25, 0.3) is 0 Å². The molecule has 9 heteroatoms. The molecule has 18 heavy (non-hydrogen) atoms. The van der Waals surface area contributed by atoms with Gasteiger partial charge in [0, 0.05) is 19.6 Å². The van der Waals surface area contributed by atoms with E-state index in [2.05, 4.69) is 4.72 Å². The predicted molar refractivity (Wildman–Crippen MR) is 70.0 cm³/mol. The van der Waals surface area contributed by atoms with Crippen molar-refractivity contribution in [2.75, 3.05) is 31.6 Å². The van der Waals surface area contributed by atoms with Gasteiger partial charge < -0.3 is 5.73 Å². The quantitative estimate of drug-likeness (QED) is 0.632. The Bertz CT molecular complexity index is 460. The molecular formula is C9H21N3O4S2. The van der Waals surface area contributed by atoms with Crippen LogP contribution >= 0.6 is 0 Å². The molecule has 1 aliphatic rings. The summed E-state index contributed by atoms with van der Waals surface area (Å²) < 4.78 is 50.2. The molecule has 0 aromatic rings. The van der Waals surface area contributed by atoms with Crippen LogP contribution < -0.4 is 10.5 Å². The number of nitrogens with zero attached hydrogens (tertiary/aromatic N) is 1. The lowest BCUT2D eigenvalue weighted by Crippen LogP contribution is -2.48. The first-order valence-corrected chi connectivity index (χ1v) is 9.17. The van der Waals surface area contributed by atoms with Crippen molar-refractivity contribution in [3.05, 3.63) is 0 Å². The van der Waals surface area contributed by atoms with Crippen molar-refractivity contribution in [1.82, 2.24) is 9.03 Å². The maximum atomic E-state index is 11.9. The maximum Gasteiger partial charge on any atom is 0.279 e. The Labute approximate surface area is 109 Å². The molecule has 1 heterocycles. The van der Waals surface area contributed by atoms with Gasteiger partial charge in [0.15, 0.2) is 9.84 Å². The summed E-state index contributed by atoms with van der Waals surface area (Å²) in [6, 6.07) is -0.519. The number of nitrogens with two attached hydrogens (primary N) is 1. The van der Waals surface area contributed by atoms with Gasteiger partial charge in [-0.25, -0.2) is 8.42 Å². The summed E-state index contributed by atoms with van der Waals surface area (Å²) in [5.74, 6) is 0.0329. The molecule has 7 nitrogen and oxygen atoms in total. The Morgan fingerprint density at radius 1 is 1.44 bits per heavy atom. The third-order valence-electron chi connectivity index (χ3n) is 2.87. The minimum absolute atomic E-state index is 0.114. The van der Waals surface area contributed by atoms with E-state index in [0.717, 1.165) is 0 Å². The lowest BCUT2D eigenvalue weighted by Gasteiger charge is -2.25. The molecule has 108 valence electrons. The fourth-order valence-electron chi connectivity index (χ4n) is 1.85. The van der Waals surface area contributed by atoms with E-state index in [1.807, 2.05) is 0 Å². The zero-order valence-corrected chi connectivity index (χ0v) is 12.1. The van der Waals surface area contributed by atoms with Gasteiger partial charge in [0.25, 0.3) is 10.2 Å². The van der Waals surface area contributed by atoms with Crippen molar-refractivity contribution in [2.45, 2.75) is 25.3 Å². The van der Waals surface area contributed by atoms with E-state index in [1.54, 1.807) is 0 Å². The second-order valence-corrected chi connectivity index (χ2v) is 8.58. The van der Waals surface area contributed by atoms with Gasteiger partial charge in [-0.1, -0.05) is 0 Å². The fraction of sp³-hybridized carbons (Fsp3) is 1.00. The molecule has 0 saturated carbocycles. The van der Waals surface area contributed by atoms with Crippen LogP contribution in [0.4, 0.5) is 0 Å². The van der Waals surface area contributed by atoms with E-state index < -0.39 is 26.1 Å². The van der Waals surface area contributed by atoms with Gasteiger partial charge in [-0.2, -0.15) is 17.4 Å². The molecule has 1 rings (SSSR count). The van der Waals surface area contributed by atoms with Crippen LogP contribution in [0, 0.1) is 0 Å². The van der Waals surface area contributed by atoms with Crippen LogP contribution in [0.3, 0.4) is 0 Å². The standard InChI is InChI=1S/C9H21N3O4S2/c1-12(6-3-5-10)18(15,16)11-9-4-2-7-17(13,14)8-9/h9,11H,2-8,10H2,1H3. The largest absolute Gasteiger partial charge is 0.330 e.